The molecule has 0 saturated carbocycles. The van der Waals surface area contributed by atoms with Crippen LogP contribution in [0.2, 0.25) is 0 Å². The fourth-order valence-electron chi connectivity index (χ4n) is 4.11. The van der Waals surface area contributed by atoms with Gasteiger partial charge in [-0.25, -0.2) is 4.98 Å². The number of amides is 1. The van der Waals surface area contributed by atoms with Crippen molar-refractivity contribution in [3.05, 3.63) is 94.5 Å². The minimum atomic E-state index is -0.268. The van der Waals surface area contributed by atoms with E-state index in [4.69, 9.17) is 16.6 Å². The maximum atomic E-state index is 12.9. The number of fused-ring (bicyclic) bond motifs is 2. The third-order valence-corrected chi connectivity index (χ3v) is 7.22. The van der Waals surface area contributed by atoms with Crippen LogP contribution in [0.5, 0.6) is 0 Å². The molecule has 36 heavy (non-hydrogen) atoms. The van der Waals surface area contributed by atoms with E-state index in [0.29, 0.717) is 17.4 Å². The second-order valence-electron chi connectivity index (χ2n) is 8.68. The molecular formula is C29H24BrN3O2S. The maximum Gasteiger partial charge on any atom is 0.258 e. The van der Waals surface area contributed by atoms with Crippen molar-refractivity contribution in [3.8, 4) is 11.5 Å². The molecule has 0 spiro atoms. The Morgan fingerprint density at radius 1 is 1.03 bits per heavy atom. The molecule has 7 heteroatoms. The summed E-state index contributed by atoms with van der Waals surface area (Å²) in [5.41, 5.74) is 5.05. The number of carbonyl (C=O) groups is 1. The molecule has 1 heterocycles. The first kappa shape index (κ1) is 24.2. The van der Waals surface area contributed by atoms with E-state index < -0.39 is 0 Å². The molecule has 5 aromatic rings. The lowest BCUT2D eigenvalue weighted by molar-refractivity contribution is 0.0979. The molecule has 2 N–H and O–H groups in total. The molecule has 1 aromatic heterocycles. The van der Waals surface area contributed by atoms with Gasteiger partial charge >= 0.3 is 0 Å². The van der Waals surface area contributed by atoms with Crippen LogP contribution in [-0.4, -0.2) is 16.0 Å². The summed E-state index contributed by atoms with van der Waals surface area (Å²) in [6.45, 7) is 4.39. The van der Waals surface area contributed by atoms with Crippen molar-refractivity contribution < 1.29 is 9.21 Å². The number of rotatable bonds is 5. The van der Waals surface area contributed by atoms with Gasteiger partial charge in [-0.3, -0.25) is 10.1 Å². The topological polar surface area (TPSA) is 67.2 Å². The molecule has 0 aliphatic heterocycles. The van der Waals surface area contributed by atoms with Gasteiger partial charge in [-0.15, -0.1) is 0 Å². The highest BCUT2D eigenvalue weighted by molar-refractivity contribution is 9.10. The summed E-state index contributed by atoms with van der Waals surface area (Å²) in [7, 11) is 0. The Morgan fingerprint density at radius 3 is 2.56 bits per heavy atom. The van der Waals surface area contributed by atoms with Crippen molar-refractivity contribution in [2.45, 2.75) is 26.2 Å². The van der Waals surface area contributed by atoms with E-state index in [1.54, 1.807) is 6.07 Å². The Kier molecular flexibility index (Phi) is 6.85. The zero-order valence-electron chi connectivity index (χ0n) is 19.8. The molecule has 4 aromatic carbocycles. The summed E-state index contributed by atoms with van der Waals surface area (Å²) >= 11 is 8.93. The fourth-order valence-corrected chi connectivity index (χ4v) is 4.82. The van der Waals surface area contributed by atoms with Gasteiger partial charge < -0.3 is 9.73 Å². The van der Waals surface area contributed by atoms with Crippen LogP contribution in [-0.2, 0) is 0 Å². The molecule has 5 rings (SSSR count). The van der Waals surface area contributed by atoms with Crippen LogP contribution < -0.4 is 10.6 Å². The molecule has 0 fully saturated rings. The lowest BCUT2D eigenvalue weighted by Crippen LogP contribution is -2.34. The standard InChI is InChI=1S/C29H24BrN3O2S/c1-3-17(2)19-12-15-26-25(16-19)32-28(35-26)18-10-13-20(14-11-18)31-29(36)33-27(34)23-8-4-7-22-21(23)6-5-9-24(22)30/h4-17H,3H2,1-2H3,(H2,31,33,34,36)/t17-/m1/s1. The van der Waals surface area contributed by atoms with Crippen molar-refractivity contribution in [3.63, 3.8) is 0 Å². The molecule has 1 atom stereocenters. The van der Waals surface area contributed by atoms with E-state index in [1.807, 2.05) is 60.7 Å². The van der Waals surface area contributed by atoms with Crippen LogP contribution >= 0.6 is 28.1 Å². The Morgan fingerprint density at radius 2 is 1.78 bits per heavy atom. The minimum Gasteiger partial charge on any atom is -0.436 e. The number of hydrogen-bond donors (Lipinski definition) is 2. The average Bonchev–Trinajstić information content (AvgIpc) is 3.32. The summed E-state index contributed by atoms with van der Waals surface area (Å²) in [5, 5.41) is 7.89. The molecule has 0 bridgehead atoms. The van der Waals surface area contributed by atoms with E-state index in [-0.39, 0.29) is 11.0 Å². The number of thiocarbonyl (C=S) groups is 1. The average molecular weight is 559 g/mol. The fraction of sp³-hybridized carbons (Fsp3) is 0.138. The summed E-state index contributed by atoms with van der Waals surface area (Å²) in [6, 6.07) is 25.1. The van der Waals surface area contributed by atoms with Crippen LogP contribution in [0.25, 0.3) is 33.3 Å². The third-order valence-electron chi connectivity index (χ3n) is 6.32. The zero-order valence-corrected chi connectivity index (χ0v) is 22.2. The summed E-state index contributed by atoms with van der Waals surface area (Å²) in [5.74, 6) is 0.777. The predicted octanol–water partition coefficient (Wildman–Crippen LogP) is 8.05. The molecule has 0 aliphatic carbocycles. The van der Waals surface area contributed by atoms with Crippen molar-refractivity contribution in [1.82, 2.24) is 10.3 Å². The van der Waals surface area contributed by atoms with Gasteiger partial charge in [0, 0.05) is 21.3 Å². The van der Waals surface area contributed by atoms with Crippen molar-refractivity contribution in [2.24, 2.45) is 0 Å². The van der Waals surface area contributed by atoms with Gasteiger partial charge in [-0.2, -0.15) is 0 Å². The van der Waals surface area contributed by atoms with Crippen LogP contribution in [0.15, 0.2) is 87.8 Å². The van der Waals surface area contributed by atoms with Crippen molar-refractivity contribution in [2.75, 3.05) is 5.32 Å². The number of nitrogens with one attached hydrogen (secondary N) is 2. The number of benzene rings is 4. The second kappa shape index (κ2) is 10.2. The van der Waals surface area contributed by atoms with Crippen molar-refractivity contribution >= 4 is 66.7 Å². The van der Waals surface area contributed by atoms with Crippen LogP contribution in [0, 0.1) is 0 Å². The molecular weight excluding hydrogens is 534 g/mol. The molecule has 0 saturated heterocycles. The molecule has 0 radical (unpaired) electrons. The number of oxazole rings is 1. The first-order chi connectivity index (χ1) is 17.4. The highest BCUT2D eigenvalue weighted by atomic mass is 79.9. The first-order valence-electron chi connectivity index (χ1n) is 11.7. The van der Waals surface area contributed by atoms with Gasteiger partial charge in [0.15, 0.2) is 10.7 Å². The maximum absolute atomic E-state index is 12.9. The summed E-state index contributed by atoms with van der Waals surface area (Å²) in [4.78, 5) is 17.6. The first-order valence-corrected chi connectivity index (χ1v) is 12.9. The van der Waals surface area contributed by atoms with Crippen molar-refractivity contribution in [1.29, 1.82) is 0 Å². The van der Waals surface area contributed by atoms with E-state index in [9.17, 15) is 4.79 Å². The number of aromatic nitrogens is 1. The predicted molar refractivity (Wildman–Crippen MR) is 153 cm³/mol. The number of carbonyl (C=O) groups excluding carboxylic acids is 1. The monoisotopic (exact) mass is 557 g/mol. The largest absolute Gasteiger partial charge is 0.436 e. The quantitative estimate of drug-likeness (QED) is 0.214. The van der Waals surface area contributed by atoms with Crippen LogP contribution in [0.1, 0.15) is 42.1 Å². The summed E-state index contributed by atoms with van der Waals surface area (Å²) in [6.07, 6.45) is 1.08. The van der Waals surface area contributed by atoms with Gasteiger partial charge in [0.05, 0.1) is 0 Å². The third kappa shape index (κ3) is 4.90. The van der Waals surface area contributed by atoms with Gasteiger partial charge in [-0.05, 0) is 89.4 Å². The van der Waals surface area contributed by atoms with Gasteiger partial charge in [-0.1, -0.05) is 60.1 Å². The van der Waals surface area contributed by atoms with Gasteiger partial charge in [0.1, 0.15) is 5.52 Å². The minimum absolute atomic E-state index is 0.221. The lowest BCUT2D eigenvalue weighted by atomic mass is 9.98. The van der Waals surface area contributed by atoms with E-state index >= 15 is 0 Å². The zero-order chi connectivity index (χ0) is 25.2. The lowest BCUT2D eigenvalue weighted by Gasteiger charge is -2.11. The molecule has 0 aliphatic rings. The van der Waals surface area contributed by atoms with Crippen LogP contribution in [0.4, 0.5) is 5.69 Å². The molecule has 180 valence electrons. The SMILES string of the molecule is CC[C@@H](C)c1ccc2oc(-c3ccc(NC(=S)NC(=O)c4cccc5c(Br)cccc45)cc3)nc2c1. The smallest absolute Gasteiger partial charge is 0.258 e. The van der Waals surface area contributed by atoms with E-state index in [0.717, 1.165) is 44.0 Å². The van der Waals surface area contributed by atoms with Gasteiger partial charge in [0.25, 0.3) is 5.91 Å². The van der Waals surface area contributed by atoms with E-state index in [1.165, 1.54) is 5.56 Å². The number of anilines is 1. The molecule has 1 amide bonds. The highest BCUT2D eigenvalue weighted by Crippen LogP contribution is 2.29. The van der Waals surface area contributed by atoms with Crippen LogP contribution in [0.3, 0.4) is 0 Å². The molecule has 0 unspecified atom stereocenters. The summed E-state index contributed by atoms with van der Waals surface area (Å²) < 4.78 is 6.91. The highest BCUT2D eigenvalue weighted by Gasteiger charge is 2.14. The van der Waals surface area contributed by atoms with E-state index in [2.05, 4.69) is 57.5 Å². The second-order valence-corrected chi connectivity index (χ2v) is 9.94. The number of hydrogen-bond acceptors (Lipinski definition) is 4. The normalized spacial score (nSPS) is 12.0. The number of halogens is 1. The van der Waals surface area contributed by atoms with Gasteiger partial charge in [0.2, 0.25) is 5.89 Å². The Balaban J connectivity index is 1.28. The Bertz CT molecular complexity index is 1590. The Hall–Kier alpha value is -3.55. The molecule has 5 nitrogen and oxygen atoms in total. The Labute approximate surface area is 223 Å². The number of nitrogens with zero attached hydrogens (tertiary/aromatic N) is 1.